The van der Waals surface area contributed by atoms with Crippen molar-refractivity contribution in [2.45, 2.75) is 6.04 Å². The first-order valence-electron chi connectivity index (χ1n) is 4.66. The van der Waals surface area contributed by atoms with Gasteiger partial charge in [0.25, 0.3) is 0 Å². The van der Waals surface area contributed by atoms with Gasteiger partial charge in [0.15, 0.2) is 0 Å². The summed E-state index contributed by atoms with van der Waals surface area (Å²) in [4.78, 5) is 0. The molecule has 0 bridgehead atoms. The highest BCUT2D eigenvalue weighted by Gasteiger charge is 2.14. The SMILES string of the molecule is Fc1cc(C2CNCCN2)ccc1I. The lowest BCUT2D eigenvalue weighted by Gasteiger charge is -2.24. The molecule has 1 heterocycles. The lowest BCUT2D eigenvalue weighted by molar-refractivity contribution is 0.428. The first-order chi connectivity index (χ1) is 6.77. The number of benzene rings is 1. The molecule has 1 saturated heterocycles. The largest absolute Gasteiger partial charge is 0.314 e. The fourth-order valence-electron chi connectivity index (χ4n) is 1.62. The van der Waals surface area contributed by atoms with Crippen LogP contribution in [0.4, 0.5) is 4.39 Å². The van der Waals surface area contributed by atoms with Gasteiger partial charge in [0.1, 0.15) is 5.82 Å². The maximum atomic E-state index is 13.3. The van der Waals surface area contributed by atoms with Crippen molar-refractivity contribution in [3.05, 3.63) is 33.1 Å². The summed E-state index contributed by atoms with van der Waals surface area (Å²) in [5.41, 5.74) is 1.02. The van der Waals surface area contributed by atoms with Crippen LogP contribution in [0.25, 0.3) is 0 Å². The van der Waals surface area contributed by atoms with Gasteiger partial charge in [0, 0.05) is 29.2 Å². The van der Waals surface area contributed by atoms with Gasteiger partial charge in [-0.15, -0.1) is 0 Å². The Bertz CT molecular complexity index is 324. The standard InChI is InChI=1S/C10H12FIN2/c11-8-5-7(1-2-9(8)12)10-6-13-3-4-14-10/h1-2,5,10,13-14H,3-4,6H2. The number of nitrogens with one attached hydrogen (secondary N) is 2. The van der Waals surface area contributed by atoms with Crippen molar-refractivity contribution in [1.29, 1.82) is 0 Å². The van der Waals surface area contributed by atoms with Crippen LogP contribution < -0.4 is 10.6 Å². The van der Waals surface area contributed by atoms with Gasteiger partial charge < -0.3 is 10.6 Å². The number of hydrogen-bond donors (Lipinski definition) is 2. The van der Waals surface area contributed by atoms with Gasteiger partial charge in [0.2, 0.25) is 0 Å². The number of piperazine rings is 1. The van der Waals surface area contributed by atoms with Gasteiger partial charge >= 0.3 is 0 Å². The maximum Gasteiger partial charge on any atom is 0.136 e. The average Bonchev–Trinajstić information content (AvgIpc) is 2.23. The molecule has 2 N–H and O–H groups in total. The molecule has 1 aromatic carbocycles. The number of rotatable bonds is 1. The van der Waals surface area contributed by atoms with E-state index in [-0.39, 0.29) is 11.9 Å². The van der Waals surface area contributed by atoms with E-state index in [9.17, 15) is 4.39 Å². The number of halogens is 2. The second-order valence-corrected chi connectivity index (χ2v) is 4.55. The summed E-state index contributed by atoms with van der Waals surface area (Å²) in [5, 5.41) is 6.63. The first kappa shape index (κ1) is 10.3. The van der Waals surface area contributed by atoms with Crippen molar-refractivity contribution in [2.75, 3.05) is 19.6 Å². The van der Waals surface area contributed by atoms with Gasteiger partial charge in [-0.1, -0.05) is 6.07 Å². The Kier molecular flexibility index (Phi) is 3.35. The van der Waals surface area contributed by atoms with E-state index in [0.29, 0.717) is 3.57 Å². The molecule has 1 aromatic rings. The monoisotopic (exact) mass is 306 g/mol. The summed E-state index contributed by atoms with van der Waals surface area (Å²) in [6, 6.07) is 5.67. The fraction of sp³-hybridized carbons (Fsp3) is 0.400. The highest BCUT2D eigenvalue weighted by Crippen LogP contribution is 2.18. The average molecular weight is 306 g/mol. The molecule has 0 amide bonds. The van der Waals surface area contributed by atoms with Crippen LogP contribution in [0.15, 0.2) is 18.2 Å². The quantitative estimate of drug-likeness (QED) is 0.771. The van der Waals surface area contributed by atoms with Crippen molar-refractivity contribution in [3.63, 3.8) is 0 Å². The van der Waals surface area contributed by atoms with Crippen molar-refractivity contribution < 1.29 is 4.39 Å². The van der Waals surface area contributed by atoms with E-state index in [1.165, 1.54) is 0 Å². The van der Waals surface area contributed by atoms with E-state index in [1.54, 1.807) is 6.07 Å². The van der Waals surface area contributed by atoms with Gasteiger partial charge in [0.05, 0.1) is 0 Å². The third-order valence-corrected chi connectivity index (χ3v) is 3.26. The molecule has 14 heavy (non-hydrogen) atoms. The summed E-state index contributed by atoms with van der Waals surface area (Å²) in [7, 11) is 0. The zero-order chi connectivity index (χ0) is 9.97. The van der Waals surface area contributed by atoms with Crippen LogP contribution in [-0.2, 0) is 0 Å². The van der Waals surface area contributed by atoms with E-state index < -0.39 is 0 Å². The van der Waals surface area contributed by atoms with Gasteiger partial charge in [-0.2, -0.15) is 0 Å². The molecule has 1 atom stereocenters. The second kappa shape index (κ2) is 4.55. The molecule has 1 aliphatic rings. The highest BCUT2D eigenvalue weighted by molar-refractivity contribution is 14.1. The summed E-state index contributed by atoms with van der Waals surface area (Å²) in [6.45, 7) is 2.81. The minimum atomic E-state index is -0.129. The molecule has 1 aliphatic heterocycles. The predicted octanol–water partition coefficient (Wildman–Crippen LogP) is 1.66. The highest BCUT2D eigenvalue weighted by atomic mass is 127. The van der Waals surface area contributed by atoms with Crippen LogP contribution in [0, 0.1) is 9.39 Å². The molecular weight excluding hydrogens is 294 g/mol. The Morgan fingerprint density at radius 3 is 2.86 bits per heavy atom. The van der Waals surface area contributed by atoms with E-state index in [0.717, 1.165) is 25.2 Å². The molecule has 0 aromatic heterocycles. The molecular formula is C10H12FIN2. The normalized spacial score (nSPS) is 22.3. The predicted molar refractivity (Wildman–Crippen MR) is 62.7 cm³/mol. The Balaban J connectivity index is 2.18. The molecule has 4 heteroatoms. The third-order valence-electron chi connectivity index (χ3n) is 2.39. The zero-order valence-electron chi connectivity index (χ0n) is 7.69. The van der Waals surface area contributed by atoms with E-state index in [4.69, 9.17) is 0 Å². The summed E-state index contributed by atoms with van der Waals surface area (Å²) in [5.74, 6) is -0.129. The maximum absolute atomic E-state index is 13.3. The summed E-state index contributed by atoms with van der Waals surface area (Å²) < 4.78 is 14.0. The van der Waals surface area contributed by atoms with Crippen LogP contribution in [0.5, 0.6) is 0 Å². The third kappa shape index (κ3) is 2.24. The van der Waals surface area contributed by atoms with Crippen molar-refractivity contribution in [1.82, 2.24) is 10.6 Å². The molecule has 76 valence electrons. The minimum absolute atomic E-state index is 0.129. The summed E-state index contributed by atoms with van der Waals surface area (Å²) >= 11 is 2.00. The molecule has 0 radical (unpaired) electrons. The fourth-order valence-corrected chi connectivity index (χ4v) is 1.95. The van der Waals surface area contributed by atoms with Crippen molar-refractivity contribution in [3.8, 4) is 0 Å². The molecule has 2 nitrogen and oxygen atoms in total. The molecule has 0 saturated carbocycles. The second-order valence-electron chi connectivity index (χ2n) is 3.38. The summed E-state index contributed by atoms with van der Waals surface area (Å²) in [6.07, 6.45) is 0. The topological polar surface area (TPSA) is 24.1 Å². The lowest BCUT2D eigenvalue weighted by Crippen LogP contribution is -2.42. The number of hydrogen-bond acceptors (Lipinski definition) is 2. The first-order valence-corrected chi connectivity index (χ1v) is 5.74. The molecule has 1 fully saturated rings. The van der Waals surface area contributed by atoms with E-state index in [1.807, 2.05) is 34.7 Å². The van der Waals surface area contributed by atoms with E-state index >= 15 is 0 Å². The van der Waals surface area contributed by atoms with Crippen LogP contribution in [0.3, 0.4) is 0 Å². The zero-order valence-corrected chi connectivity index (χ0v) is 9.84. The van der Waals surface area contributed by atoms with Crippen LogP contribution in [0.2, 0.25) is 0 Å². The molecule has 1 unspecified atom stereocenters. The molecule has 2 rings (SSSR count). The van der Waals surface area contributed by atoms with E-state index in [2.05, 4.69) is 10.6 Å². The van der Waals surface area contributed by atoms with Crippen LogP contribution in [0.1, 0.15) is 11.6 Å². The Morgan fingerprint density at radius 1 is 1.36 bits per heavy atom. The van der Waals surface area contributed by atoms with Crippen LogP contribution in [-0.4, -0.2) is 19.6 Å². The Labute approximate surface area is 96.4 Å². The van der Waals surface area contributed by atoms with Gasteiger partial charge in [-0.3, -0.25) is 0 Å². The van der Waals surface area contributed by atoms with Crippen LogP contribution >= 0.6 is 22.6 Å². The lowest BCUT2D eigenvalue weighted by atomic mass is 10.1. The van der Waals surface area contributed by atoms with Crippen molar-refractivity contribution in [2.24, 2.45) is 0 Å². The smallest absolute Gasteiger partial charge is 0.136 e. The van der Waals surface area contributed by atoms with Gasteiger partial charge in [-0.05, 0) is 40.3 Å². The Morgan fingerprint density at radius 2 is 2.21 bits per heavy atom. The van der Waals surface area contributed by atoms with Gasteiger partial charge in [-0.25, -0.2) is 4.39 Å². The molecule has 0 aliphatic carbocycles. The molecule has 0 spiro atoms. The van der Waals surface area contributed by atoms with Crippen molar-refractivity contribution >= 4 is 22.6 Å². The Hall–Kier alpha value is -0.200. The minimum Gasteiger partial charge on any atom is -0.314 e.